The molecule has 0 bridgehead atoms. The molecular formula is C18H27NO3. The van der Waals surface area contributed by atoms with E-state index in [1.807, 2.05) is 19.1 Å². The summed E-state index contributed by atoms with van der Waals surface area (Å²) in [6, 6.07) is 7.20. The Labute approximate surface area is 133 Å². The van der Waals surface area contributed by atoms with Crippen LogP contribution in [0.2, 0.25) is 0 Å². The van der Waals surface area contributed by atoms with Crippen LogP contribution in [-0.2, 0) is 15.1 Å². The lowest BCUT2D eigenvalue weighted by Crippen LogP contribution is -2.51. The Bertz CT molecular complexity index is 517. The van der Waals surface area contributed by atoms with Gasteiger partial charge in [-0.1, -0.05) is 32.4 Å². The molecule has 0 unspecified atom stereocenters. The molecule has 0 saturated carbocycles. The van der Waals surface area contributed by atoms with E-state index >= 15 is 0 Å². The van der Waals surface area contributed by atoms with Gasteiger partial charge in [0.05, 0.1) is 0 Å². The van der Waals surface area contributed by atoms with E-state index in [9.17, 15) is 9.90 Å². The van der Waals surface area contributed by atoms with Gasteiger partial charge in [-0.05, 0) is 31.2 Å². The van der Waals surface area contributed by atoms with E-state index in [0.29, 0.717) is 6.42 Å². The van der Waals surface area contributed by atoms with E-state index in [2.05, 4.69) is 18.9 Å². The van der Waals surface area contributed by atoms with E-state index in [-0.39, 0.29) is 17.6 Å². The van der Waals surface area contributed by atoms with Gasteiger partial charge in [-0.3, -0.25) is 4.79 Å². The number of piperidine rings is 1. The lowest BCUT2D eigenvalue weighted by Gasteiger charge is -2.46. The molecule has 1 heterocycles. The minimum Gasteiger partial charge on any atom is -0.508 e. The molecule has 1 saturated heterocycles. The van der Waals surface area contributed by atoms with Crippen molar-refractivity contribution in [3.63, 3.8) is 0 Å². The van der Waals surface area contributed by atoms with Gasteiger partial charge < -0.3 is 14.7 Å². The van der Waals surface area contributed by atoms with Crippen LogP contribution in [0.3, 0.4) is 0 Å². The van der Waals surface area contributed by atoms with Crippen LogP contribution in [0, 0.1) is 5.92 Å². The van der Waals surface area contributed by atoms with Crippen LogP contribution in [0.15, 0.2) is 24.3 Å². The summed E-state index contributed by atoms with van der Waals surface area (Å²) in [6.07, 6.45) is 3.18. The van der Waals surface area contributed by atoms with Gasteiger partial charge in [0.1, 0.15) is 11.4 Å². The van der Waals surface area contributed by atoms with E-state index < -0.39 is 5.60 Å². The average Bonchev–Trinajstić information content (AvgIpc) is 2.50. The number of esters is 1. The molecule has 1 aliphatic heterocycles. The van der Waals surface area contributed by atoms with Gasteiger partial charge in [0.15, 0.2) is 0 Å². The van der Waals surface area contributed by atoms with Crippen LogP contribution in [0.4, 0.5) is 0 Å². The first kappa shape index (κ1) is 16.8. The van der Waals surface area contributed by atoms with Crippen molar-refractivity contribution in [3.05, 3.63) is 29.8 Å². The number of likely N-dealkylation sites (tertiary alicyclic amines) is 1. The van der Waals surface area contributed by atoms with E-state index in [4.69, 9.17) is 4.74 Å². The summed E-state index contributed by atoms with van der Waals surface area (Å²) in [6.45, 7) is 5.76. The van der Waals surface area contributed by atoms with Gasteiger partial charge in [-0.2, -0.15) is 0 Å². The van der Waals surface area contributed by atoms with Crippen LogP contribution in [0.5, 0.6) is 5.75 Å². The minimum atomic E-state index is -0.617. The molecule has 0 amide bonds. The highest BCUT2D eigenvalue weighted by atomic mass is 16.6. The summed E-state index contributed by atoms with van der Waals surface area (Å²) in [4.78, 5) is 14.4. The fraction of sp³-hybridized carbons (Fsp3) is 0.611. The lowest BCUT2D eigenvalue weighted by molar-refractivity contribution is -0.176. The number of rotatable bonds is 5. The largest absolute Gasteiger partial charge is 0.508 e. The zero-order valence-electron chi connectivity index (χ0n) is 13.8. The average molecular weight is 305 g/mol. The normalized spacial score (nSPS) is 25.9. The number of benzene rings is 1. The van der Waals surface area contributed by atoms with Gasteiger partial charge in [-0.25, -0.2) is 0 Å². The third kappa shape index (κ3) is 3.43. The molecule has 0 spiro atoms. The lowest BCUT2D eigenvalue weighted by atomic mass is 9.73. The topological polar surface area (TPSA) is 49.8 Å². The Hall–Kier alpha value is -1.55. The predicted molar refractivity (Wildman–Crippen MR) is 86.7 cm³/mol. The number of carbonyl (C=O) groups is 1. The molecule has 1 aliphatic rings. The van der Waals surface area contributed by atoms with Crippen molar-refractivity contribution >= 4 is 5.97 Å². The number of phenolic OH excluding ortho intramolecular Hbond substituents is 1. The van der Waals surface area contributed by atoms with Gasteiger partial charge >= 0.3 is 5.97 Å². The van der Waals surface area contributed by atoms with Crippen molar-refractivity contribution in [2.24, 2.45) is 5.92 Å². The number of aromatic hydroxyl groups is 1. The molecule has 4 heteroatoms. The third-order valence-corrected chi connectivity index (χ3v) is 4.61. The summed E-state index contributed by atoms with van der Waals surface area (Å²) >= 11 is 0. The highest BCUT2D eigenvalue weighted by Crippen LogP contribution is 2.44. The Kier molecular flexibility index (Phi) is 5.46. The molecule has 22 heavy (non-hydrogen) atoms. The van der Waals surface area contributed by atoms with E-state index in [0.717, 1.165) is 37.9 Å². The van der Waals surface area contributed by atoms with Crippen molar-refractivity contribution in [3.8, 4) is 5.75 Å². The summed E-state index contributed by atoms with van der Waals surface area (Å²) < 4.78 is 6.01. The quantitative estimate of drug-likeness (QED) is 0.848. The maximum absolute atomic E-state index is 12.1. The summed E-state index contributed by atoms with van der Waals surface area (Å²) in [7, 11) is 2.11. The molecule has 1 aromatic carbocycles. The number of ether oxygens (including phenoxy) is 1. The molecule has 1 aromatic rings. The number of hydrogen-bond donors (Lipinski definition) is 1. The fourth-order valence-corrected chi connectivity index (χ4v) is 3.47. The van der Waals surface area contributed by atoms with Gasteiger partial charge in [0.2, 0.25) is 0 Å². The first-order valence-electron chi connectivity index (χ1n) is 8.21. The first-order valence-corrected chi connectivity index (χ1v) is 8.21. The fourth-order valence-electron chi connectivity index (χ4n) is 3.47. The van der Waals surface area contributed by atoms with Crippen LogP contribution in [0.1, 0.15) is 45.1 Å². The molecule has 1 N–H and O–H groups in total. The minimum absolute atomic E-state index is 0.172. The molecular weight excluding hydrogens is 278 g/mol. The zero-order chi connectivity index (χ0) is 16.2. The zero-order valence-corrected chi connectivity index (χ0v) is 13.8. The van der Waals surface area contributed by atoms with Crippen molar-refractivity contribution < 1.29 is 14.6 Å². The SMILES string of the molecule is CCC[C@@H]1CN(C)CC[C@@]1(OC(=O)CC)c1cccc(O)c1. The molecule has 0 radical (unpaired) electrons. The number of nitrogens with zero attached hydrogens (tertiary/aromatic N) is 1. The molecule has 4 nitrogen and oxygen atoms in total. The van der Waals surface area contributed by atoms with Crippen molar-refractivity contribution in [2.75, 3.05) is 20.1 Å². The standard InChI is InChI=1S/C18H27NO3/c1-4-7-15-13-19(3)11-10-18(15,22-17(21)5-2)14-8-6-9-16(20)12-14/h6,8-9,12,15,20H,4-5,7,10-11,13H2,1-3H3/t15-,18-/m1/s1. The van der Waals surface area contributed by atoms with Gasteiger partial charge in [0.25, 0.3) is 0 Å². The van der Waals surface area contributed by atoms with Crippen molar-refractivity contribution in [1.29, 1.82) is 0 Å². The third-order valence-electron chi connectivity index (χ3n) is 4.61. The Morgan fingerprint density at radius 1 is 1.45 bits per heavy atom. The summed E-state index contributed by atoms with van der Waals surface area (Å²) in [5.41, 5.74) is 0.301. The Morgan fingerprint density at radius 2 is 2.23 bits per heavy atom. The Morgan fingerprint density at radius 3 is 2.86 bits per heavy atom. The monoisotopic (exact) mass is 305 g/mol. The van der Waals surface area contributed by atoms with E-state index in [1.165, 1.54) is 0 Å². The summed E-state index contributed by atoms with van der Waals surface area (Å²) in [5.74, 6) is 0.293. The summed E-state index contributed by atoms with van der Waals surface area (Å²) in [5, 5.41) is 9.87. The maximum atomic E-state index is 12.1. The van der Waals surface area contributed by atoms with Gasteiger partial charge in [-0.15, -0.1) is 0 Å². The van der Waals surface area contributed by atoms with Crippen LogP contribution < -0.4 is 0 Å². The maximum Gasteiger partial charge on any atom is 0.306 e. The van der Waals surface area contributed by atoms with Gasteiger partial charge in [0, 0.05) is 31.8 Å². The number of hydrogen-bond acceptors (Lipinski definition) is 4. The smallest absolute Gasteiger partial charge is 0.306 e. The molecule has 2 atom stereocenters. The van der Waals surface area contributed by atoms with Crippen molar-refractivity contribution in [1.82, 2.24) is 4.90 Å². The van der Waals surface area contributed by atoms with Crippen LogP contribution >= 0.6 is 0 Å². The highest BCUT2D eigenvalue weighted by molar-refractivity contribution is 5.69. The molecule has 1 fully saturated rings. The van der Waals surface area contributed by atoms with Crippen LogP contribution in [0.25, 0.3) is 0 Å². The van der Waals surface area contributed by atoms with Crippen LogP contribution in [-0.4, -0.2) is 36.1 Å². The van der Waals surface area contributed by atoms with Crippen molar-refractivity contribution in [2.45, 2.75) is 45.1 Å². The molecule has 2 rings (SSSR count). The predicted octanol–water partition coefficient (Wildman–Crippen LogP) is 3.29. The Balaban J connectivity index is 2.45. The first-order chi connectivity index (χ1) is 10.5. The molecule has 0 aliphatic carbocycles. The highest BCUT2D eigenvalue weighted by Gasteiger charge is 2.46. The second kappa shape index (κ2) is 7.14. The second-order valence-electron chi connectivity index (χ2n) is 6.27. The van der Waals surface area contributed by atoms with E-state index in [1.54, 1.807) is 12.1 Å². The number of carbonyl (C=O) groups excluding carboxylic acids is 1. The second-order valence-corrected chi connectivity index (χ2v) is 6.27. The molecule has 0 aromatic heterocycles. The molecule has 122 valence electrons. The number of phenols is 1.